The predicted molar refractivity (Wildman–Crippen MR) is 77.2 cm³/mol. The number of carbonyl (C=O) groups is 2. The van der Waals surface area contributed by atoms with Gasteiger partial charge in [-0.1, -0.05) is 6.07 Å². The van der Waals surface area contributed by atoms with Crippen LogP contribution in [0.3, 0.4) is 0 Å². The van der Waals surface area contributed by atoms with Gasteiger partial charge in [-0.3, -0.25) is 4.79 Å². The summed E-state index contributed by atoms with van der Waals surface area (Å²) < 4.78 is 0. The van der Waals surface area contributed by atoms with E-state index >= 15 is 0 Å². The lowest BCUT2D eigenvalue weighted by Crippen LogP contribution is -2.34. The quantitative estimate of drug-likeness (QED) is 0.858. The van der Waals surface area contributed by atoms with Crippen molar-refractivity contribution < 1.29 is 14.7 Å². The highest BCUT2D eigenvalue weighted by Crippen LogP contribution is 2.29. The molecule has 1 aromatic rings. The normalized spacial score (nSPS) is 13.8. The number of carbonyl (C=O) groups excluding carboxylic acids is 1. The molecule has 1 heterocycles. The van der Waals surface area contributed by atoms with E-state index in [4.69, 9.17) is 0 Å². The first-order valence-electron chi connectivity index (χ1n) is 7.00. The van der Waals surface area contributed by atoms with Crippen LogP contribution in [-0.2, 0) is 11.2 Å². The Morgan fingerprint density at radius 1 is 1.40 bits per heavy atom. The first kappa shape index (κ1) is 14.4. The Labute approximate surface area is 118 Å². The molecule has 2 N–H and O–H groups in total. The number of hydrogen-bond donors (Lipinski definition) is 2. The molecule has 2 rings (SSSR count). The van der Waals surface area contributed by atoms with Gasteiger partial charge in [0.05, 0.1) is 5.56 Å². The van der Waals surface area contributed by atoms with Crippen molar-refractivity contribution in [3.05, 3.63) is 29.3 Å². The van der Waals surface area contributed by atoms with Crippen LogP contribution in [0.5, 0.6) is 0 Å². The highest BCUT2D eigenvalue weighted by molar-refractivity contribution is 5.91. The monoisotopic (exact) mass is 276 g/mol. The summed E-state index contributed by atoms with van der Waals surface area (Å²) in [6, 6.07) is 5.36. The van der Waals surface area contributed by atoms with Gasteiger partial charge in [0.15, 0.2) is 0 Å². The molecule has 0 bridgehead atoms. The first-order chi connectivity index (χ1) is 9.63. The van der Waals surface area contributed by atoms with E-state index < -0.39 is 5.97 Å². The summed E-state index contributed by atoms with van der Waals surface area (Å²) in [6.07, 6.45) is 2.15. The van der Waals surface area contributed by atoms with E-state index in [1.54, 1.807) is 12.1 Å². The van der Waals surface area contributed by atoms with E-state index in [2.05, 4.69) is 10.2 Å². The summed E-state index contributed by atoms with van der Waals surface area (Å²) in [5.74, 6) is -0.846. The van der Waals surface area contributed by atoms with Crippen LogP contribution in [0.25, 0.3) is 0 Å². The molecule has 1 aliphatic heterocycles. The minimum Gasteiger partial charge on any atom is -0.478 e. The molecule has 0 saturated heterocycles. The van der Waals surface area contributed by atoms with E-state index in [1.165, 1.54) is 0 Å². The van der Waals surface area contributed by atoms with E-state index in [0.717, 1.165) is 30.6 Å². The third-order valence-electron chi connectivity index (χ3n) is 3.56. The second-order valence-electron chi connectivity index (χ2n) is 4.90. The number of carboxylic acid groups (broad SMARTS) is 1. The van der Waals surface area contributed by atoms with Crippen LogP contribution in [-0.4, -0.2) is 36.6 Å². The largest absolute Gasteiger partial charge is 0.478 e. The zero-order valence-corrected chi connectivity index (χ0v) is 11.7. The Kier molecular flexibility index (Phi) is 4.61. The maximum atomic E-state index is 11.5. The highest BCUT2D eigenvalue weighted by Gasteiger charge is 2.22. The average Bonchev–Trinajstić information content (AvgIpc) is 2.44. The molecule has 5 nitrogen and oxygen atoms in total. The zero-order chi connectivity index (χ0) is 14.5. The van der Waals surface area contributed by atoms with E-state index in [9.17, 15) is 14.7 Å². The van der Waals surface area contributed by atoms with Crippen molar-refractivity contribution in [3.63, 3.8) is 0 Å². The van der Waals surface area contributed by atoms with Crippen LogP contribution >= 0.6 is 0 Å². The highest BCUT2D eigenvalue weighted by atomic mass is 16.4. The Morgan fingerprint density at radius 3 is 2.90 bits per heavy atom. The number of nitrogens with zero attached hydrogens (tertiary/aromatic N) is 1. The number of hydrogen-bond acceptors (Lipinski definition) is 3. The molecule has 1 amide bonds. The van der Waals surface area contributed by atoms with Gasteiger partial charge in [-0.05, 0) is 37.5 Å². The Bertz CT molecular complexity index is 514. The van der Waals surface area contributed by atoms with Gasteiger partial charge in [-0.15, -0.1) is 0 Å². The zero-order valence-electron chi connectivity index (χ0n) is 11.7. The van der Waals surface area contributed by atoms with Crippen molar-refractivity contribution in [2.45, 2.75) is 26.2 Å². The number of nitrogens with one attached hydrogen (secondary N) is 1. The molecule has 0 aliphatic carbocycles. The maximum Gasteiger partial charge on any atom is 0.336 e. The molecule has 20 heavy (non-hydrogen) atoms. The van der Waals surface area contributed by atoms with E-state index in [0.29, 0.717) is 25.1 Å². The van der Waals surface area contributed by atoms with Gasteiger partial charge >= 0.3 is 5.97 Å². The molecular weight excluding hydrogens is 256 g/mol. The van der Waals surface area contributed by atoms with E-state index in [-0.39, 0.29) is 5.91 Å². The fraction of sp³-hybridized carbons (Fsp3) is 0.467. The third-order valence-corrected chi connectivity index (χ3v) is 3.56. The molecule has 0 aromatic heterocycles. The van der Waals surface area contributed by atoms with Crippen LogP contribution in [0.15, 0.2) is 18.2 Å². The average molecular weight is 276 g/mol. The lowest BCUT2D eigenvalue weighted by molar-refractivity contribution is -0.120. The van der Waals surface area contributed by atoms with Crippen LogP contribution in [0.1, 0.15) is 35.7 Å². The van der Waals surface area contributed by atoms with Crippen LogP contribution in [0.2, 0.25) is 0 Å². The standard InChI is InChI=1S/C15H20N2O3/c1-2-16-14(18)8-10-17-9-4-6-11-12(15(19)20)5-3-7-13(11)17/h3,5,7H,2,4,6,8-10H2,1H3,(H,16,18)(H,19,20). The molecule has 0 unspecified atom stereocenters. The van der Waals surface area contributed by atoms with Crippen molar-refractivity contribution in [2.75, 3.05) is 24.5 Å². The first-order valence-corrected chi connectivity index (χ1v) is 7.00. The van der Waals surface area contributed by atoms with Gasteiger partial charge in [0.2, 0.25) is 5.91 Å². The van der Waals surface area contributed by atoms with Gasteiger partial charge < -0.3 is 15.3 Å². The van der Waals surface area contributed by atoms with Gasteiger partial charge in [0, 0.05) is 31.7 Å². The Balaban J connectivity index is 2.14. The molecule has 0 atom stereocenters. The SMILES string of the molecule is CCNC(=O)CCN1CCCc2c(C(=O)O)cccc21. The number of benzene rings is 1. The molecule has 0 spiro atoms. The molecule has 5 heteroatoms. The summed E-state index contributed by atoms with van der Waals surface area (Å²) in [6.45, 7) is 4.03. The topological polar surface area (TPSA) is 69.6 Å². The van der Waals surface area contributed by atoms with Gasteiger partial charge in [-0.2, -0.15) is 0 Å². The number of amides is 1. The molecular formula is C15H20N2O3. The summed E-state index contributed by atoms with van der Waals surface area (Å²) in [5.41, 5.74) is 2.23. The van der Waals surface area contributed by atoms with E-state index in [1.807, 2.05) is 13.0 Å². The van der Waals surface area contributed by atoms with Gasteiger partial charge in [-0.25, -0.2) is 4.79 Å². The summed E-state index contributed by atoms with van der Waals surface area (Å²) in [5, 5.41) is 12.0. The minimum absolute atomic E-state index is 0.0361. The number of anilines is 1. The predicted octanol–water partition coefficient (Wildman–Crippen LogP) is 1.66. The second-order valence-corrected chi connectivity index (χ2v) is 4.90. The van der Waals surface area contributed by atoms with Crippen molar-refractivity contribution in [2.24, 2.45) is 0 Å². The van der Waals surface area contributed by atoms with Crippen LogP contribution in [0, 0.1) is 0 Å². The fourth-order valence-corrected chi connectivity index (χ4v) is 2.66. The number of carboxylic acids is 1. The Morgan fingerprint density at radius 2 is 2.20 bits per heavy atom. The summed E-state index contributed by atoms with van der Waals surface area (Å²) in [4.78, 5) is 24.9. The lowest BCUT2D eigenvalue weighted by atomic mass is 9.96. The number of aromatic carboxylic acids is 1. The summed E-state index contributed by atoms with van der Waals surface area (Å²) in [7, 11) is 0. The molecule has 108 valence electrons. The third kappa shape index (κ3) is 3.10. The minimum atomic E-state index is -0.882. The van der Waals surface area contributed by atoms with Crippen LogP contribution in [0.4, 0.5) is 5.69 Å². The van der Waals surface area contributed by atoms with Crippen molar-refractivity contribution >= 4 is 17.6 Å². The van der Waals surface area contributed by atoms with Crippen LogP contribution < -0.4 is 10.2 Å². The van der Waals surface area contributed by atoms with Crippen molar-refractivity contribution in [3.8, 4) is 0 Å². The summed E-state index contributed by atoms with van der Waals surface area (Å²) >= 11 is 0. The second kappa shape index (κ2) is 6.41. The molecule has 1 aliphatic rings. The van der Waals surface area contributed by atoms with Crippen molar-refractivity contribution in [1.29, 1.82) is 0 Å². The smallest absolute Gasteiger partial charge is 0.336 e. The fourth-order valence-electron chi connectivity index (χ4n) is 2.66. The lowest BCUT2D eigenvalue weighted by Gasteiger charge is -2.31. The van der Waals surface area contributed by atoms with Gasteiger partial charge in [0.25, 0.3) is 0 Å². The van der Waals surface area contributed by atoms with Crippen molar-refractivity contribution in [1.82, 2.24) is 5.32 Å². The van der Waals surface area contributed by atoms with Gasteiger partial charge in [0.1, 0.15) is 0 Å². The number of fused-ring (bicyclic) bond motifs is 1. The maximum absolute atomic E-state index is 11.5. The molecule has 0 radical (unpaired) electrons. The number of rotatable bonds is 5. The Hall–Kier alpha value is -2.04. The molecule has 0 fully saturated rings. The molecule has 0 saturated carbocycles. The molecule has 1 aromatic carbocycles.